The Morgan fingerprint density at radius 2 is 1.67 bits per heavy atom. The van der Waals surface area contributed by atoms with Crippen LogP contribution >= 0.6 is 22.6 Å². The summed E-state index contributed by atoms with van der Waals surface area (Å²) in [4.78, 5) is 0. The lowest BCUT2D eigenvalue weighted by atomic mass is 9.60. The van der Waals surface area contributed by atoms with Gasteiger partial charge in [-0.15, -0.1) is 0 Å². The van der Waals surface area contributed by atoms with Gasteiger partial charge < -0.3 is 9.84 Å². The quantitative estimate of drug-likeness (QED) is 0.593. The van der Waals surface area contributed by atoms with Gasteiger partial charge in [0.1, 0.15) is 5.60 Å². The Kier molecular flexibility index (Phi) is 3.10. The first-order chi connectivity index (χ1) is 6.97. The van der Waals surface area contributed by atoms with Crippen molar-refractivity contribution in [1.29, 1.82) is 0 Å². The van der Waals surface area contributed by atoms with Gasteiger partial charge in [0.05, 0.1) is 9.02 Å². The van der Waals surface area contributed by atoms with Crippen LogP contribution in [-0.4, -0.2) is 26.8 Å². The summed E-state index contributed by atoms with van der Waals surface area (Å²) in [5.74, 6) is 0. The molecule has 88 valence electrons. The third kappa shape index (κ3) is 1.57. The molecule has 2 fully saturated rings. The highest BCUT2D eigenvalue weighted by atomic mass is 127. The summed E-state index contributed by atoms with van der Waals surface area (Å²) in [5.41, 5.74) is -0.960. The summed E-state index contributed by atoms with van der Waals surface area (Å²) in [6, 6.07) is 0. The molecule has 0 aromatic rings. The van der Waals surface area contributed by atoms with Crippen LogP contribution in [0.1, 0.15) is 51.9 Å². The molecule has 2 nitrogen and oxygen atoms in total. The van der Waals surface area contributed by atoms with E-state index in [1.807, 2.05) is 6.92 Å². The minimum Gasteiger partial charge on any atom is -0.387 e. The summed E-state index contributed by atoms with van der Waals surface area (Å²) in [7, 11) is 1.78. The molecular formula is C12H21IO2. The number of fused-ring (bicyclic) bond motifs is 1. The van der Waals surface area contributed by atoms with Crippen molar-refractivity contribution in [2.24, 2.45) is 0 Å². The van der Waals surface area contributed by atoms with Crippen LogP contribution in [0.15, 0.2) is 0 Å². The third-order valence-corrected chi connectivity index (χ3v) is 6.48. The molecule has 0 bridgehead atoms. The molecule has 2 rings (SSSR count). The fourth-order valence-corrected chi connectivity index (χ4v) is 5.54. The fraction of sp³-hybridized carbons (Fsp3) is 1.00. The lowest BCUT2D eigenvalue weighted by molar-refractivity contribution is -0.208. The molecule has 3 heteroatoms. The molecule has 0 heterocycles. The number of aliphatic hydroxyl groups is 1. The van der Waals surface area contributed by atoms with Crippen LogP contribution in [0, 0.1) is 0 Å². The molecule has 2 aliphatic rings. The van der Waals surface area contributed by atoms with Crippen LogP contribution in [0.3, 0.4) is 0 Å². The number of halogens is 1. The second-order valence-corrected chi connectivity index (χ2v) is 7.40. The number of methoxy groups -OCH3 is 1. The van der Waals surface area contributed by atoms with E-state index in [0.717, 1.165) is 19.3 Å². The Labute approximate surface area is 106 Å². The van der Waals surface area contributed by atoms with E-state index >= 15 is 0 Å². The highest BCUT2D eigenvalue weighted by Gasteiger charge is 2.62. The van der Waals surface area contributed by atoms with Gasteiger partial charge in [-0.3, -0.25) is 0 Å². The Bertz CT molecular complexity index is 250. The number of rotatable bonds is 1. The number of hydrogen-bond donors (Lipinski definition) is 1. The van der Waals surface area contributed by atoms with Crippen LogP contribution in [0.4, 0.5) is 0 Å². The molecule has 0 radical (unpaired) electrons. The Hall–Kier alpha value is 0.650. The van der Waals surface area contributed by atoms with Crippen LogP contribution in [0.2, 0.25) is 0 Å². The molecule has 0 aromatic heterocycles. The zero-order chi connectivity index (χ0) is 11.2. The minimum absolute atomic E-state index is 0.152. The summed E-state index contributed by atoms with van der Waals surface area (Å²) in [5, 5.41) is 10.7. The van der Waals surface area contributed by atoms with Crippen molar-refractivity contribution in [3.05, 3.63) is 0 Å². The fourth-order valence-electron chi connectivity index (χ4n) is 3.70. The topological polar surface area (TPSA) is 29.5 Å². The number of ether oxygens (including phenoxy) is 1. The Morgan fingerprint density at radius 1 is 1.07 bits per heavy atom. The number of alkyl halides is 1. The minimum atomic E-state index is -0.651. The highest BCUT2D eigenvalue weighted by molar-refractivity contribution is 14.1. The molecular weight excluding hydrogens is 303 g/mol. The lowest BCUT2D eigenvalue weighted by Gasteiger charge is -2.59. The smallest absolute Gasteiger partial charge is 0.111 e. The van der Waals surface area contributed by atoms with Gasteiger partial charge in [-0.25, -0.2) is 0 Å². The summed E-state index contributed by atoms with van der Waals surface area (Å²) in [6.07, 6.45) is 7.88. The van der Waals surface area contributed by atoms with Crippen LogP contribution < -0.4 is 0 Å². The SMILES string of the molecule is COC12CCCCC1(I)CCCC2(C)O. The first kappa shape index (κ1) is 12.1. The van der Waals surface area contributed by atoms with Gasteiger partial charge in [0.25, 0.3) is 0 Å². The summed E-state index contributed by atoms with van der Waals surface area (Å²) in [6.45, 7) is 1.97. The van der Waals surface area contributed by atoms with E-state index in [9.17, 15) is 5.11 Å². The van der Waals surface area contributed by atoms with Gasteiger partial charge in [0, 0.05) is 7.11 Å². The second kappa shape index (κ2) is 3.84. The van der Waals surface area contributed by atoms with E-state index in [2.05, 4.69) is 22.6 Å². The maximum atomic E-state index is 10.7. The molecule has 0 aliphatic heterocycles. The van der Waals surface area contributed by atoms with Crippen molar-refractivity contribution in [3.8, 4) is 0 Å². The van der Waals surface area contributed by atoms with Gasteiger partial charge in [-0.2, -0.15) is 0 Å². The van der Waals surface area contributed by atoms with Crippen LogP contribution in [0.5, 0.6) is 0 Å². The van der Waals surface area contributed by atoms with E-state index in [0.29, 0.717) is 0 Å². The summed E-state index contributed by atoms with van der Waals surface area (Å²) < 4.78 is 6.00. The van der Waals surface area contributed by atoms with Gasteiger partial charge in [-0.05, 0) is 39.0 Å². The van der Waals surface area contributed by atoms with Crippen molar-refractivity contribution in [3.63, 3.8) is 0 Å². The Morgan fingerprint density at radius 3 is 2.27 bits per heavy atom. The molecule has 1 N–H and O–H groups in total. The number of hydrogen-bond acceptors (Lipinski definition) is 2. The normalized spacial score (nSPS) is 51.2. The molecule has 0 aromatic carbocycles. The van der Waals surface area contributed by atoms with Gasteiger partial charge in [-0.1, -0.05) is 35.4 Å². The highest BCUT2D eigenvalue weighted by Crippen LogP contribution is 2.57. The molecule has 3 atom stereocenters. The van der Waals surface area contributed by atoms with Gasteiger partial charge in [0.2, 0.25) is 0 Å². The molecule has 0 spiro atoms. The lowest BCUT2D eigenvalue weighted by Crippen LogP contribution is -2.68. The molecule has 0 saturated heterocycles. The maximum absolute atomic E-state index is 10.7. The van der Waals surface area contributed by atoms with E-state index in [1.165, 1.54) is 25.7 Å². The zero-order valence-electron chi connectivity index (χ0n) is 9.68. The first-order valence-electron chi connectivity index (χ1n) is 5.94. The first-order valence-corrected chi connectivity index (χ1v) is 7.02. The monoisotopic (exact) mass is 324 g/mol. The second-order valence-electron chi connectivity index (χ2n) is 5.33. The Balaban J connectivity index is 2.41. The molecule has 15 heavy (non-hydrogen) atoms. The predicted molar refractivity (Wildman–Crippen MR) is 69.4 cm³/mol. The van der Waals surface area contributed by atoms with Crippen molar-refractivity contribution in [2.75, 3.05) is 7.11 Å². The molecule has 0 amide bonds. The third-order valence-electron chi connectivity index (χ3n) is 4.53. The van der Waals surface area contributed by atoms with Crippen molar-refractivity contribution < 1.29 is 9.84 Å². The van der Waals surface area contributed by atoms with E-state index < -0.39 is 5.60 Å². The van der Waals surface area contributed by atoms with Crippen molar-refractivity contribution in [1.82, 2.24) is 0 Å². The van der Waals surface area contributed by atoms with Gasteiger partial charge >= 0.3 is 0 Å². The predicted octanol–water partition coefficient (Wildman–Crippen LogP) is 3.05. The molecule has 2 saturated carbocycles. The van der Waals surface area contributed by atoms with Crippen LogP contribution in [0.25, 0.3) is 0 Å². The zero-order valence-corrected chi connectivity index (χ0v) is 11.8. The average Bonchev–Trinajstić information content (AvgIpc) is 2.17. The molecule has 2 aliphatic carbocycles. The van der Waals surface area contributed by atoms with Gasteiger partial charge in [0.15, 0.2) is 0 Å². The standard InChI is InChI=1S/C12H21IO2/c1-10(14)6-5-8-11(13)7-3-4-9-12(10,11)15-2/h14H,3-9H2,1-2H3. The molecule has 3 unspecified atom stereocenters. The summed E-state index contributed by atoms with van der Waals surface area (Å²) >= 11 is 2.56. The van der Waals surface area contributed by atoms with E-state index in [1.54, 1.807) is 7.11 Å². The van der Waals surface area contributed by atoms with E-state index in [-0.39, 0.29) is 9.02 Å². The van der Waals surface area contributed by atoms with E-state index in [4.69, 9.17) is 4.74 Å². The van der Waals surface area contributed by atoms with Crippen LogP contribution in [-0.2, 0) is 4.74 Å². The largest absolute Gasteiger partial charge is 0.387 e. The van der Waals surface area contributed by atoms with Crippen molar-refractivity contribution in [2.45, 2.75) is 66.5 Å². The van der Waals surface area contributed by atoms with Crippen molar-refractivity contribution >= 4 is 22.6 Å². The maximum Gasteiger partial charge on any atom is 0.111 e. The average molecular weight is 324 g/mol.